The smallest absolute Gasteiger partial charge is 0.410 e. The Hall–Kier alpha value is -4.15. The van der Waals surface area contributed by atoms with E-state index in [4.69, 9.17) is 9.84 Å². The summed E-state index contributed by atoms with van der Waals surface area (Å²) in [7, 11) is 0. The van der Waals surface area contributed by atoms with Gasteiger partial charge < -0.3 is 15.0 Å². The fraction of sp³-hybridized carbons (Fsp3) is 0.385. The third kappa shape index (κ3) is 5.82. The van der Waals surface area contributed by atoms with E-state index < -0.39 is 11.4 Å². The number of piperidine rings is 1. The number of amides is 1. The topological polar surface area (TPSA) is 110 Å². The molecule has 10 nitrogen and oxygen atoms in total. The van der Waals surface area contributed by atoms with E-state index in [1.165, 1.54) is 18.3 Å². The molecule has 0 radical (unpaired) electrons. The van der Waals surface area contributed by atoms with Gasteiger partial charge >= 0.3 is 6.09 Å². The molecule has 0 spiro atoms. The second-order valence-corrected chi connectivity index (χ2v) is 10.1. The lowest BCUT2D eigenvalue weighted by Gasteiger charge is -2.33. The molecule has 1 N–H and O–H groups in total. The number of halogens is 1. The predicted molar refractivity (Wildman–Crippen MR) is 136 cm³/mol. The van der Waals surface area contributed by atoms with Crippen LogP contribution in [0.25, 0.3) is 16.9 Å². The highest BCUT2D eigenvalue weighted by Gasteiger charge is 2.27. The number of carbonyl (C=O) groups is 1. The number of ether oxygens (including phenoxy) is 1. The second kappa shape index (κ2) is 10.1. The van der Waals surface area contributed by atoms with Crippen LogP contribution in [-0.2, 0) is 11.2 Å². The summed E-state index contributed by atoms with van der Waals surface area (Å²) in [5.41, 5.74) is 2.67. The van der Waals surface area contributed by atoms with Crippen LogP contribution in [0.15, 0.2) is 49.1 Å². The molecule has 0 aromatic carbocycles. The Morgan fingerprint density at radius 3 is 2.54 bits per heavy atom. The number of fused-ring (bicyclic) bond motifs is 1. The van der Waals surface area contributed by atoms with Gasteiger partial charge in [-0.1, -0.05) is 0 Å². The molecular weight excluding hydrogens is 475 g/mol. The van der Waals surface area contributed by atoms with Crippen molar-refractivity contribution in [3.63, 3.8) is 0 Å². The summed E-state index contributed by atoms with van der Waals surface area (Å²) in [5.74, 6) is 0.246. The highest BCUT2D eigenvalue weighted by Crippen LogP contribution is 2.24. The number of imidazole rings is 1. The first-order valence-corrected chi connectivity index (χ1v) is 12.3. The molecule has 37 heavy (non-hydrogen) atoms. The van der Waals surface area contributed by atoms with E-state index in [0.29, 0.717) is 19.0 Å². The van der Waals surface area contributed by atoms with Crippen molar-refractivity contribution in [2.24, 2.45) is 5.92 Å². The molecule has 1 aliphatic heterocycles. The van der Waals surface area contributed by atoms with Crippen LogP contribution in [-0.4, -0.2) is 59.2 Å². The SMILES string of the molecule is CC(C)(C)OC(=O)N1CCC(Cc2ccc3ncc(-c4cnc(Nc5ncccc5F)nc4)n3n2)CC1. The Morgan fingerprint density at radius 1 is 1.08 bits per heavy atom. The van der Waals surface area contributed by atoms with Crippen LogP contribution >= 0.6 is 0 Å². The maximum atomic E-state index is 13.8. The molecule has 0 aliphatic carbocycles. The molecular formula is C26H29FN8O2. The van der Waals surface area contributed by atoms with Crippen molar-refractivity contribution in [3.8, 4) is 11.3 Å². The molecule has 0 atom stereocenters. The van der Waals surface area contributed by atoms with Gasteiger partial charge in [-0.05, 0) is 70.2 Å². The minimum absolute atomic E-state index is 0.0632. The van der Waals surface area contributed by atoms with Crippen molar-refractivity contribution in [1.29, 1.82) is 0 Å². The Kier molecular flexibility index (Phi) is 6.68. The highest BCUT2D eigenvalue weighted by atomic mass is 19.1. The molecule has 1 saturated heterocycles. The number of carbonyl (C=O) groups excluding carboxylic acids is 1. The van der Waals surface area contributed by atoms with E-state index in [-0.39, 0.29) is 17.9 Å². The van der Waals surface area contributed by atoms with Gasteiger partial charge in [0.2, 0.25) is 5.95 Å². The lowest BCUT2D eigenvalue weighted by atomic mass is 9.92. The van der Waals surface area contributed by atoms with Crippen LogP contribution in [0.3, 0.4) is 0 Å². The van der Waals surface area contributed by atoms with Crippen molar-refractivity contribution in [2.45, 2.75) is 45.6 Å². The summed E-state index contributed by atoms with van der Waals surface area (Å²) in [6.07, 6.45) is 8.86. The number of pyridine rings is 1. The van der Waals surface area contributed by atoms with Gasteiger partial charge in [0.1, 0.15) is 5.60 Å². The molecule has 4 aromatic heterocycles. The van der Waals surface area contributed by atoms with Gasteiger partial charge in [-0.2, -0.15) is 5.10 Å². The standard InChI is InChI=1S/C26H29FN8O2/c1-26(2,3)37-25(36)34-11-8-17(9-12-34)13-19-6-7-22-29-16-21(35(22)33-19)18-14-30-24(31-15-18)32-23-20(27)5-4-10-28-23/h4-7,10,14-17H,8-9,11-13H2,1-3H3,(H,28,30,31,32). The number of likely N-dealkylation sites (tertiary alicyclic amines) is 1. The van der Waals surface area contributed by atoms with Gasteiger partial charge in [-0.3, -0.25) is 0 Å². The summed E-state index contributed by atoms with van der Waals surface area (Å²) in [4.78, 5) is 31.1. The van der Waals surface area contributed by atoms with Gasteiger partial charge in [0, 0.05) is 37.2 Å². The average Bonchev–Trinajstić information content (AvgIpc) is 3.29. The zero-order valence-electron chi connectivity index (χ0n) is 21.1. The van der Waals surface area contributed by atoms with Crippen LogP contribution in [0.1, 0.15) is 39.3 Å². The van der Waals surface area contributed by atoms with Gasteiger partial charge in [-0.15, -0.1) is 0 Å². The number of aromatic nitrogens is 6. The van der Waals surface area contributed by atoms with Crippen LogP contribution in [0.2, 0.25) is 0 Å². The predicted octanol–water partition coefficient (Wildman–Crippen LogP) is 4.65. The van der Waals surface area contributed by atoms with E-state index in [1.807, 2.05) is 32.9 Å². The number of hydrogen-bond acceptors (Lipinski definition) is 8. The third-order valence-electron chi connectivity index (χ3n) is 6.12. The maximum Gasteiger partial charge on any atom is 0.410 e. The Balaban J connectivity index is 1.25. The van der Waals surface area contributed by atoms with E-state index in [1.54, 1.807) is 28.0 Å². The quantitative estimate of drug-likeness (QED) is 0.418. The van der Waals surface area contributed by atoms with Gasteiger partial charge in [-0.25, -0.2) is 33.6 Å². The third-order valence-corrected chi connectivity index (χ3v) is 6.12. The fourth-order valence-corrected chi connectivity index (χ4v) is 4.27. The number of rotatable bonds is 5. The summed E-state index contributed by atoms with van der Waals surface area (Å²) in [6, 6.07) is 6.78. The molecule has 1 amide bonds. The average molecular weight is 505 g/mol. The molecule has 0 saturated carbocycles. The molecule has 11 heteroatoms. The summed E-state index contributed by atoms with van der Waals surface area (Å²) >= 11 is 0. The van der Waals surface area contributed by atoms with Gasteiger partial charge in [0.05, 0.1) is 17.6 Å². The minimum atomic E-state index is -0.491. The first kappa shape index (κ1) is 24.5. The number of nitrogens with one attached hydrogen (secondary N) is 1. The first-order chi connectivity index (χ1) is 17.7. The Morgan fingerprint density at radius 2 is 1.84 bits per heavy atom. The van der Waals surface area contributed by atoms with E-state index >= 15 is 0 Å². The first-order valence-electron chi connectivity index (χ1n) is 12.3. The zero-order chi connectivity index (χ0) is 26.0. The maximum absolute atomic E-state index is 13.8. The molecule has 1 aliphatic rings. The Labute approximate surface area is 213 Å². The molecule has 5 rings (SSSR count). The zero-order valence-corrected chi connectivity index (χ0v) is 21.1. The van der Waals surface area contributed by atoms with E-state index in [9.17, 15) is 9.18 Å². The lowest BCUT2D eigenvalue weighted by Crippen LogP contribution is -2.42. The summed E-state index contributed by atoms with van der Waals surface area (Å²) < 4.78 is 21.1. The molecule has 4 aromatic rings. The van der Waals surface area contributed by atoms with Crippen molar-refractivity contribution < 1.29 is 13.9 Å². The minimum Gasteiger partial charge on any atom is -0.444 e. The molecule has 192 valence electrons. The molecule has 5 heterocycles. The normalized spacial score (nSPS) is 14.6. The summed E-state index contributed by atoms with van der Waals surface area (Å²) in [5, 5.41) is 7.61. The lowest BCUT2D eigenvalue weighted by molar-refractivity contribution is 0.0184. The van der Waals surface area contributed by atoms with Crippen LogP contribution in [0.4, 0.5) is 21.0 Å². The number of anilines is 2. The highest BCUT2D eigenvalue weighted by molar-refractivity contribution is 5.68. The monoisotopic (exact) mass is 504 g/mol. The Bertz CT molecular complexity index is 1390. The largest absolute Gasteiger partial charge is 0.444 e. The van der Waals surface area contributed by atoms with Crippen molar-refractivity contribution >= 4 is 23.5 Å². The van der Waals surface area contributed by atoms with Crippen molar-refractivity contribution in [2.75, 3.05) is 18.4 Å². The number of nitrogens with zero attached hydrogens (tertiary/aromatic N) is 7. The van der Waals surface area contributed by atoms with Crippen molar-refractivity contribution in [1.82, 2.24) is 34.4 Å². The second-order valence-electron chi connectivity index (χ2n) is 10.1. The van der Waals surface area contributed by atoms with Crippen LogP contribution in [0.5, 0.6) is 0 Å². The molecule has 1 fully saturated rings. The van der Waals surface area contributed by atoms with Crippen LogP contribution in [0, 0.1) is 11.7 Å². The molecule has 0 bridgehead atoms. The molecule has 0 unspecified atom stereocenters. The number of hydrogen-bond donors (Lipinski definition) is 1. The van der Waals surface area contributed by atoms with Gasteiger partial charge in [0.15, 0.2) is 17.3 Å². The fourth-order valence-electron chi connectivity index (χ4n) is 4.27. The van der Waals surface area contributed by atoms with Crippen LogP contribution < -0.4 is 5.32 Å². The van der Waals surface area contributed by atoms with E-state index in [2.05, 4.69) is 25.3 Å². The van der Waals surface area contributed by atoms with E-state index in [0.717, 1.165) is 41.9 Å². The van der Waals surface area contributed by atoms with Gasteiger partial charge in [0.25, 0.3) is 0 Å². The van der Waals surface area contributed by atoms with Crippen molar-refractivity contribution in [3.05, 3.63) is 60.6 Å². The summed E-state index contributed by atoms with van der Waals surface area (Å²) in [6.45, 7) is 7.00.